The maximum Gasteiger partial charge on any atom is 0.160 e. The third-order valence-electron chi connectivity index (χ3n) is 10.5. The number of nitrogens with zero attached hydrogens (tertiary/aromatic N) is 3. The van der Waals surface area contributed by atoms with Crippen molar-refractivity contribution in [2.24, 2.45) is 0 Å². The molecule has 9 rings (SSSR count). The zero-order valence-electron chi connectivity index (χ0n) is 28.7. The SMILES string of the molecule is CC1(C)c2ccc(N3c4ccccc4Sc4ccccc43)cc2C(C)(C)c2ccc(-c3cc(-c4ccccc4)nc(-c4ccccc4)n3)cc21. The van der Waals surface area contributed by atoms with Gasteiger partial charge in [0, 0.05) is 43.0 Å². The second-order valence-corrected chi connectivity index (χ2v) is 15.4. The zero-order valence-corrected chi connectivity index (χ0v) is 29.5. The van der Waals surface area contributed by atoms with Gasteiger partial charge in [-0.05, 0) is 70.8 Å². The highest BCUT2D eigenvalue weighted by Gasteiger charge is 2.42. The first-order chi connectivity index (χ1) is 24.3. The quantitative estimate of drug-likeness (QED) is 0.187. The van der Waals surface area contributed by atoms with Gasteiger partial charge in [0.15, 0.2) is 5.82 Å². The second-order valence-electron chi connectivity index (χ2n) is 14.3. The monoisotopic (exact) mass is 663 g/mol. The van der Waals surface area contributed by atoms with E-state index >= 15 is 0 Å². The average Bonchev–Trinajstić information content (AvgIpc) is 3.16. The van der Waals surface area contributed by atoms with Gasteiger partial charge in [0.25, 0.3) is 0 Å². The van der Waals surface area contributed by atoms with E-state index in [1.54, 1.807) is 0 Å². The minimum absolute atomic E-state index is 0.214. The molecule has 0 radical (unpaired) electrons. The van der Waals surface area contributed by atoms with Crippen molar-refractivity contribution < 1.29 is 0 Å². The summed E-state index contributed by atoms with van der Waals surface area (Å²) in [4.78, 5) is 15.2. The van der Waals surface area contributed by atoms with Crippen molar-refractivity contribution >= 4 is 28.8 Å². The molecule has 0 unspecified atom stereocenters. The molecule has 4 heteroatoms. The smallest absolute Gasteiger partial charge is 0.160 e. The van der Waals surface area contributed by atoms with E-state index in [0.717, 1.165) is 33.9 Å². The Morgan fingerprint density at radius 3 is 1.56 bits per heavy atom. The molecule has 7 aromatic rings. The van der Waals surface area contributed by atoms with Crippen LogP contribution in [0.5, 0.6) is 0 Å². The molecule has 0 saturated heterocycles. The lowest BCUT2D eigenvalue weighted by Gasteiger charge is -2.45. The van der Waals surface area contributed by atoms with Crippen molar-refractivity contribution in [3.8, 4) is 33.9 Å². The molecule has 0 atom stereocenters. The summed E-state index contributed by atoms with van der Waals surface area (Å²) < 4.78 is 0. The van der Waals surface area contributed by atoms with Crippen LogP contribution in [0.15, 0.2) is 161 Å². The third kappa shape index (κ3) is 4.89. The normalized spacial score (nSPS) is 15.0. The van der Waals surface area contributed by atoms with Crippen LogP contribution in [-0.4, -0.2) is 9.97 Å². The van der Waals surface area contributed by atoms with E-state index in [4.69, 9.17) is 9.97 Å². The highest BCUT2D eigenvalue weighted by atomic mass is 32.2. The Kier molecular flexibility index (Phi) is 7.08. The Morgan fingerprint density at radius 2 is 0.940 bits per heavy atom. The molecule has 1 aliphatic carbocycles. The Morgan fingerprint density at radius 1 is 0.440 bits per heavy atom. The maximum atomic E-state index is 5.16. The molecular weight excluding hydrogens is 627 g/mol. The summed E-state index contributed by atoms with van der Waals surface area (Å²) in [6.07, 6.45) is 0. The number of anilines is 3. The van der Waals surface area contributed by atoms with Crippen LogP contribution >= 0.6 is 11.8 Å². The molecular formula is C46H37N3S. The Bertz CT molecular complexity index is 2310. The van der Waals surface area contributed by atoms with Crippen molar-refractivity contribution in [3.63, 3.8) is 0 Å². The first-order valence-electron chi connectivity index (χ1n) is 17.3. The standard InChI is InChI=1S/C46H37N3S/c1-45(2)35-26-24-33(49-40-19-11-13-21-42(40)50-43-22-14-12-20-41(43)49)28-37(35)46(3,4)34-25-23-32(27-36(34)45)39-29-38(30-15-7-5-8-16-30)47-44(48-39)31-17-9-6-10-18-31/h5-29H,1-4H3. The summed E-state index contributed by atoms with van der Waals surface area (Å²) in [5.74, 6) is 0.733. The minimum atomic E-state index is -0.222. The minimum Gasteiger partial charge on any atom is -0.308 e. The van der Waals surface area contributed by atoms with Crippen LogP contribution in [-0.2, 0) is 10.8 Å². The second kappa shape index (κ2) is 11.6. The molecule has 0 bridgehead atoms. The van der Waals surface area contributed by atoms with E-state index in [1.165, 1.54) is 49.1 Å². The van der Waals surface area contributed by atoms with Crippen molar-refractivity contribution in [2.75, 3.05) is 4.90 Å². The lowest BCUT2D eigenvalue weighted by molar-refractivity contribution is 0.521. The van der Waals surface area contributed by atoms with Crippen LogP contribution in [0.25, 0.3) is 33.9 Å². The van der Waals surface area contributed by atoms with E-state index in [1.807, 2.05) is 36.0 Å². The molecule has 0 spiro atoms. The van der Waals surface area contributed by atoms with Crippen molar-refractivity contribution in [1.82, 2.24) is 9.97 Å². The lowest BCUT2D eigenvalue weighted by atomic mass is 9.59. The molecule has 2 heterocycles. The van der Waals surface area contributed by atoms with Crippen LogP contribution < -0.4 is 4.90 Å². The molecule has 0 saturated carbocycles. The number of para-hydroxylation sites is 2. The van der Waals surface area contributed by atoms with Crippen LogP contribution in [0.3, 0.4) is 0 Å². The van der Waals surface area contributed by atoms with E-state index in [0.29, 0.717) is 0 Å². The number of benzene rings is 6. The Labute approximate surface area is 298 Å². The lowest BCUT2D eigenvalue weighted by Crippen LogP contribution is -2.36. The van der Waals surface area contributed by atoms with E-state index < -0.39 is 0 Å². The Balaban J connectivity index is 1.17. The van der Waals surface area contributed by atoms with Crippen molar-refractivity contribution in [1.29, 1.82) is 0 Å². The van der Waals surface area contributed by atoms with Crippen LogP contribution in [0.1, 0.15) is 49.9 Å². The summed E-state index contributed by atoms with van der Waals surface area (Å²) in [5.41, 5.74) is 13.7. The molecule has 1 aliphatic heterocycles. The Hall–Kier alpha value is -5.45. The number of hydrogen-bond donors (Lipinski definition) is 0. The van der Waals surface area contributed by atoms with Gasteiger partial charge in [-0.3, -0.25) is 0 Å². The zero-order chi connectivity index (χ0) is 34.0. The van der Waals surface area contributed by atoms with Gasteiger partial charge in [-0.2, -0.15) is 0 Å². The fourth-order valence-electron chi connectivity index (χ4n) is 7.84. The van der Waals surface area contributed by atoms with E-state index in [9.17, 15) is 0 Å². The highest BCUT2D eigenvalue weighted by Crippen LogP contribution is 2.55. The summed E-state index contributed by atoms with van der Waals surface area (Å²) in [6.45, 7) is 9.50. The van der Waals surface area contributed by atoms with Gasteiger partial charge < -0.3 is 4.90 Å². The largest absolute Gasteiger partial charge is 0.308 e. The topological polar surface area (TPSA) is 29.0 Å². The third-order valence-corrected chi connectivity index (χ3v) is 11.7. The van der Waals surface area contributed by atoms with Gasteiger partial charge in [0.2, 0.25) is 0 Å². The van der Waals surface area contributed by atoms with Crippen LogP contribution in [0.2, 0.25) is 0 Å². The molecule has 242 valence electrons. The predicted octanol–water partition coefficient (Wildman–Crippen LogP) is 12.4. The van der Waals surface area contributed by atoms with Gasteiger partial charge in [0.1, 0.15) is 0 Å². The van der Waals surface area contributed by atoms with Crippen LogP contribution in [0.4, 0.5) is 17.1 Å². The van der Waals surface area contributed by atoms with Gasteiger partial charge in [-0.25, -0.2) is 9.97 Å². The van der Waals surface area contributed by atoms with Crippen molar-refractivity contribution in [3.05, 3.63) is 174 Å². The van der Waals surface area contributed by atoms with E-state index in [2.05, 4.69) is 160 Å². The predicted molar refractivity (Wildman–Crippen MR) is 208 cm³/mol. The summed E-state index contributed by atoms with van der Waals surface area (Å²) in [7, 11) is 0. The van der Waals surface area contributed by atoms with Crippen molar-refractivity contribution in [2.45, 2.75) is 48.3 Å². The first kappa shape index (κ1) is 30.6. The van der Waals surface area contributed by atoms with Gasteiger partial charge in [-0.15, -0.1) is 0 Å². The summed E-state index contributed by atoms with van der Waals surface area (Å²) >= 11 is 1.85. The maximum absolute atomic E-state index is 5.16. The summed E-state index contributed by atoms with van der Waals surface area (Å²) in [5, 5.41) is 0. The highest BCUT2D eigenvalue weighted by molar-refractivity contribution is 7.99. The summed E-state index contributed by atoms with van der Waals surface area (Å²) in [6, 6.07) is 54.4. The molecule has 50 heavy (non-hydrogen) atoms. The number of hydrogen-bond acceptors (Lipinski definition) is 4. The average molecular weight is 664 g/mol. The van der Waals surface area contributed by atoms with E-state index in [-0.39, 0.29) is 10.8 Å². The number of aromatic nitrogens is 2. The fourth-order valence-corrected chi connectivity index (χ4v) is 8.90. The molecule has 2 aliphatic rings. The number of rotatable bonds is 4. The fraction of sp³-hybridized carbons (Fsp3) is 0.130. The molecule has 1 aromatic heterocycles. The van der Waals surface area contributed by atoms with Gasteiger partial charge >= 0.3 is 0 Å². The number of fused-ring (bicyclic) bond motifs is 4. The molecule has 0 N–H and O–H groups in total. The van der Waals surface area contributed by atoms with Crippen LogP contribution in [0, 0.1) is 0 Å². The molecule has 0 amide bonds. The molecule has 3 nitrogen and oxygen atoms in total. The molecule has 6 aromatic carbocycles. The van der Waals surface area contributed by atoms with Gasteiger partial charge in [0.05, 0.1) is 22.8 Å². The van der Waals surface area contributed by atoms with Gasteiger partial charge in [-0.1, -0.05) is 143 Å². The first-order valence-corrected chi connectivity index (χ1v) is 18.1. The molecule has 0 fully saturated rings.